The van der Waals surface area contributed by atoms with E-state index in [2.05, 4.69) is 6.07 Å². The van der Waals surface area contributed by atoms with Gasteiger partial charge >= 0.3 is 0 Å². The van der Waals surface area contributed by atoms with Crippen LogP contribution < -0.4 is 0 Å². The minimum absolute atomic E-state index is 0.106. The van der Waals surface area contributed by atoms with Crippen molar-refractivity contribution in [3.05, 3.63) is 34.3 Å². The van der Waals surface area contributed by atoms with Gasteiger partial charge in [-0.3, -0.25) is 0 Å². The number of carbonyl (C=O) groups excluding carboxylic acids is 1. The van der Waals surface area contributed by atoms with Crippen molar-refractivity contribution in [3.63, 3.8) is 0 Å². The summed E-state index contributed by atoms with van der Waals surface area (Å²) >= 11 is 6.09. The standard InChI is InChI=1S/C12H13ClO/c1-8(7-14)9-5-6-11-10(9)3-2-4-12(11)13/h2-4,7-9H,5-6H2,1H3. The quantitative estimate of drug-likeness (QED) is 0.683. The number of fused-ring (bicyclic) bond motifs is 1. The molecular formula is C12H13ClO. The Labute approximate surface area is 89.1 Å². The summed E-state index contributed by atoms with van der Waals surface area (Å²) in [7, 11) is 0. The molecule has 2 rings (SSSR count). The van der Waals surface area contributed by atoms with Crippen molar-refractivity contribution in [2.45, 2.75) is 25.7 Å². The van der Waals surface area contributed by atoms with E-state index in [0.717, 1.165) is 24.2 Å². The SMILES string of the molecule is CC(C=O)C1CCc2c(Cl)cccc21. The monoisotopic (exact) mass is 208 g/mol. The molecular weight excluding hydrogens is 196 g/mol. The van der Waals surface area contributed by atoms with Gasteiger partial charge in [0.2, 0.25) is 0 Å². The molecule has 1 aromatic carbocycles. The average Bonchev–Trinajstić information content (AvgIpc) is 2.62. The highest BCUT2D eigenvalue weighted by molar-refractivity contribution is 6.31. The van der Waals surface area contributed by atoms with Crippen LogP contribution in [-0.4, -0.2) is 6.29 Å². The van der Waals surface area contributed by atoms with Crippen LogP contribution in [-0.2, 0) is 11.2 Å². The predicted molar refractivity (Wildman–Crippen MR) is 57.7 cm³/mol. The number of halogens is 1. The number of rotatable bonds is 2. The van der Waals surface area contributed by atoms with E-state index in [-0.39, 0.29) is 5.92 Å². The summed E-state index contributed by atoms with van der Waals surface area (Å²) < 4.78 is 0. The topological polar surface area (TPSA) is 17.1 Å². The lowest BCUT2D eigenvalue weighted by molar-refractivity contribution is -0.111. The van der Waals surface area contributed by atoms with E-state index in [9.17, 15) is 4.79 Å². The van der Waals surface area contributed by atoms with Crippen LogP contribution >= 0.6 is 11.6 Å². The van der Waals surface area contributed by atoms with E-state index >= 15 is 0 Å². The maximum Gasteiger partial charge on any atom is 0.123 e. The van der Waals surface area contributed by atoms with Crippen molar-refractivity contribution < 1.29 is 4.79 Å². The van der Waals surface area contributed by atoms with E-state index in [0.29, 0.717) is 5.92 Å². The summed E-state index contributed by atoms with van der Waals surface area (Å²) in [4.78, 5) is 10.8. The Hall–Kier alpha value is -0.820. The lowest BCUT2D eigenvalue weighted by Crippen LogP contribution is -2.07. The highest BCUT2D eigenvalue weighted by Gasteiger charge is 2.27. The smallest absolute Gasteiger partial charge is 0.123 e. The van der Waals surface area contributed by atoms with Crippen molar-refractivity contribution in [1.29, 1.82) is 0 Å². The summed E-state index contributed by atoms with van der Waals surface area (Å²) in [5.41, 5.74) is 2.52. The molecule has 0 saturated carbocycles. The zero-order chi connectivity index (χ0) is 10.1. The van der Waals surface area contributed by atoms with E-state index in [1.165, 1.54) is 11.1 Å². The van der Waals surface area contributed by atoms with Crippen LogP contribution in [0.2, 0.25) is 5.02 Å². The highest BCUT2D eigenvalue weighted by atomic mass is 35.5. The Morgan fingerprint density at radius 2 is 2.36 bits per heavy atom. The van der Waals surface area contributed by atoms with Crippen LogP contribution in [0.1, 0.15) is 30.4 Å². The zero-order valence-corrected chi connectivity index (χ0v) is 8.92. The minimum atomic E-state index is 0.106. The van der Waals surface area contributed by atoms with Gasteiger partial charge in [-0.05, 0) is 36.0 Å². The number of benzene rings is 1. The molecule has 1 aliphatic carbocycles. The number of hydrogen-bond donors (Lipinski definition) is 0. The largest absolute Gasteiger partial charge is 0.303 e. The van der Waals surface area contributed by atoms with Gasteiger partial charge in [-0.15, -0.1) is 0 Å². The van der Waals surface area contributed by atoms with Crippen LogP contribution in [0.25, 0.3) is 0 Å². The number of carbonyl (C=O) groups is 1. The third-order valence-corrected chi connectivity index (χ3v) is 3.46. The lowest BCUT2D eigenvalue weighted by Gasteiger charge is -2.14. The van der Waals surface area contributed by atoms with Gasteiger partial charge in [0, 0.05) is 10.9 Å². The van der Waals surface area contributed by atoms with Gasteiger partial charge in [0.15, 0.2) is 0 Å². The van der Waals surface area contributed by atoms with Crippen LogP contribution in [0.3, 0.4) is 0 Å². The lowest BCUT2D eigenvalue weighted by atomic mass is 9.90. The van der Waals surface area contributed by atoms with Crippen LogP contribution in [0.15, 0.2) is 18.2 Å². The van der Waals surface area contributed by atoms with Gasteiger partial charge in [-0.25, -0.2) is 0 Å². The molecule has 2 heteroatoms. The first-order chi connectivity index (χ1) is 6.74. The molecule has 0 aliphatic heterocycles. The van der Waals surface area contributed by atoms with E-state index in [1.54, 1.807) is 0 Å². The Bertz CT molecular complexity index is 359. The molecule has 1 nitrogen and oxygen atoms in total. The number of hydrogen-bond acceptors (Lipinski definition) is 1. The van der Waals surface area contributed by atoms with Gasteiger partial charge in [0.05, 0.1) is 0 Å². The summed E-state index contributed by atoms with van der Waals surface area (Å²) in [5, 5.41) is 0.850. The maximum atomic E-state index is 10.8. The van der Waals surface area contributed by atoms with E-state index < -0.39 is 0 Å². The van der Waals surface area contributed by atoms with Crippen molar-refractivity contribution >= 4 is 17.9 Å². The first kappa shape index (κ1) is 9.72. The molecule has 2 atom stereocenters. The second-order valence-electron chi connectivity index (χ2n) is 3.95. The summed E-state index contributed by atoms with van der Waals surface area (Å²) in [6.07, 6.45) is 3.11. The summed E-state index contributed by atoms with van der Waals surface area (Å²) in [5.74, 6) is 0.482. The molecule has 0 saturated heterocycles. The van der Waals surface area contributed by atoms with Gasteiger partial charge in [-0.2, -0.15) is 0 Å². The minimum Gasteiger partial charge on any atom is -0.303 e. The van der Waals surface area contributed by atoms with Gasteiger partial charge in [0.1, 0.15) is 6.29 Å². The van der Waals surface area contributed by atoms with Crippen molar-refractivity contribution in [2.75, 3.05) is 0 Å². The molecule has 2 unspecified atom stereocenters. The zero-order valence-electron chi connectivity index (χ0n) is 8.16. The second-order valence-corrected chi connectivity index (χ2v) is 4.36. The molecule has 0 bridgehead atoms. The van der Waals surface area contributed by atoms with Crippen LogP contribution in [0.5, 0.6) is 0 Å². The fraction of sp³-hybridized carbons (Fsp3) is 0.417. The molecule has 0 fully saturated rings. The summed E-state index contributed by atoms with van der Waals surface area (Å²) in [6, 6.07) is 5.99. The van der Waals surface area contributed by atoms with Gasteiger partial charge < -0.3 is 4.79 Å². The van der Waals surface area contributed by atoms with E-state index in [1.807, 2.05) is 19.1 Å². The molecule has 14 heavy (non-hydrogen) atoms. The molecule has 0 aromatic heterocycles. The molecule has 1 aliphatic rings. The first-order valence-corrected chi connectivity index (χ1v) is 5.34. The van der Waals surface area contributed by atoms with Crippen molar-refractivity contribution in [3.8, 4) is 0 Å². The van der Waals surface area contributed by atoms with E-state index in [4.69, 9.17) is 11.6 Å². The third kappa shape index (κ3) is 1.46. The van der Waals surface area contributed by atoms with Crippen molar-refractivity contribution in [2.24, 2.45) is 5.92 Å². The Balaban J connectivity index is 2.39. The molecule has 0 radical (unpaired) electrons. The maximum absolute atomic E-state index is 10.8. The predicted octanol–water partition coefficient (Wildman–Crippen LogP) is 3.20. The normalized spacial score (nSPS) is 21.7. The summed E-state index contributed by atoms with van der Waals surface area (Å²) in [6.45, 7) is 1.98. The fourth-order valence-electron chi connectivity index (χ4n) is 2.28. The first-order valence-electron chi connectivity index (χ1n) is 4.96. The van der Waals surface area contributed by atoms with Gasteiger partial charge in [-0.1, -0.05) is 30.7 Å². The average molecular weight is 209 g/mol. The molecule has 0 heterocycles. The van der Waals surface area contributed by atoms with Crippen LogP contribution in [0.4, 0.5) is 0 Å². The molecule has 74 valence electrons. The molecule has 1 aromatic rings. The van der Waals surface area contributed by atoms with Gasteiger partial charge in [0.25, 0.3) is 0 Å². The Kier molecular flexibility index (Phi) is 2.60. The highest BCUT2D eigenvalue weighted by Crippen LogP contribution is 2.40. The third-order valence-electron chi connectivity index (χ3n) is 3.11. The molecule has 0 N–H and O–H groups in total. The fourth-order valence-corrected chi connectivity index (χ4v) is 2.56. The Morgan fingerprint density at radius 3 is 3.07 bits per heavy atom. The van der Waals surface area contributed by atoms with Crippen LogP contribution in [0, 0.1) is 5.92 Å². The second kappa shape index (κ2) is 3.74. The molecule has 0 spiro atoms. The Morgan fingerprint density at radius 1 is 1.57 bits per heavy atom. The number of aldehydes is 1. The molecule has 0 amide bonds. The van der Waals surface area contributed by atoms with Crippen molar-refractivity contribution in [1.82, 2.24) is 0 Å².